The van der Waals surface area contributed by atoms with Crippen molar-refractivity contribution in [1.29, 1.82) is 0 Å². The number of nitrogens with zero attached hydrogens (tertiary/aromatic N) is 3. The summed E-state index contributed by atoms with van der Waals surface area (Å²) in [7, 11) is 2.16. The maximum absolute atomic E-state index is 5.23. The fraction of sp³-hybridized carbons (Fsp3) is 0.205. The van der Waals surface area contributed by atoms with Crippen molar-refractivity contribution in [3.8, 4) is 0 Å². The first kappa shape index (κ1) is 34.3. The average molecular weight is 598 g/mol. The van der Waals surface area contributed by atoms with E-state index in [1.165, 1.54) is 16.6 Å². The highest BCUT2D eigenvalue weighted by molar-refractivity contribution is 8.03. The molecule has 1 aliphatic carbocycles. The molecule has 0 saturated heterocycles. The first-order valence-corrected chi connectivity index (χ1v) is 15.9. The van der Waals surface area contributed by atoms with E-state index in [-0.39, 0.29) is 0 Å². The fourth-order valence-corrected chi connectivity index (χ4v) is 5.98. The second-order valence-electron chi connectivity index (χ2n) is 10.7. The van der Waals surface area contributed by atoms with Crippen molar-refractivity contribution in [2.24, 2.45) is 15.0 Å². The highest BCUT2D eigenvalue weighted by Gasteiger charge is 2.33. The predicted octanol–water partition coefficient (Wildman–Crippen LogP) is 8.47. The molecule has 1 aromatic carbocycles. The van der Waals surface area contributed by atoms with Crippen LogP contribution in [0.4, 0.5) is 0 Å². The van der Waals surface area contributed by atoms with E-state index < -0.39 is 4.87 Å². The maximum Gasteiger partial charge on any atom is 0.140 e. The van der Waals surface area contributed by atoms with Crippen LogP contribution in [0.2, 0.25) is 0 Å². The molecular formula is C39H44BN3S. The van der Waals surface area contributed by atoms with E-state index in [0.29, 0.717) is 13.1 Å². The van der Waals surface area contributed by atoms with Gasteiger partial charge in [-0.2, -0.15) is 0 Å². The lowest BCUT2D eigenvalue weighted by atomic mass is 9.80. The van der Waals surface area contributed by atoms with Gasteiger partial charge < -0.3 is 0 Å². The summed E-state index contributed by atoms with van der Waals surface area (Å²) >= 11 is 1.71. The van der Waals surface area contributed by atoms with Crippen molar-refractivity contribution in [2.45, 2.75) is 38.5 Å². The molecule has 1 spiro atoms. The molecule has 0 saturated carbocycles. The zero-order valence-electron chi connectivity index (χ0n) is 26.7. The SMILES string of the molecule is Bc1cc(C)cc2c1C(=C)/C=C\C=C/CC21/N=C/C=C\C=C\CC\N=C(C=C)/C(C)=C(/C=C(/C)C=C)C/N=C/C=C\C=C\S1. The van der Waals surface area contributed by atoms with Crippen molar-refractivity contribution in [2.75, 3.05) is 13.1 Å². The molecule has 1 unspecified atom stereocenters. The molecule has 1 aromatic rings. The van der Waals surface area contributed by atoms with Crippen molar-refractivity contribution >= 4 is 48.8 Å². The molecular weight excluding hydrogens is 553 g/mol. The van der Waals surface area contributed by atoms with E-state index in [2.05, 4.69) is 106 Å². The third-order valence-electron chi connectivity index (χ3n) is 7.27. The lowest BCUT2D eigenvalue weighted by Crippen LogP contribution is -2.25. The molecule has 0 aromatic heterocycles. The van der Waals surface area contributed by atoms with Gasteiger partial charge in [0.25, 0.3) is 0 Å². The molecule has 5 heteroatoms. The molecule has 2 aliphatic rings. The number of thioether (sulfide) groups is 1. The smallest absolute Gasteiger partial charge is 0.140 e. The van der Waals surface area contributed by atoms with Crippen LogP contribution in [0.1, 0.15) is 43.4 Å². The van der Waals surface area contributed by atoms with E-state index in [1.807, 2.05) is 61.9 Å². The highest BCUT2D eigenvalue weighted by Crippen LogP contribution is 2.45. The number of allylic oxidation sites excluding steroid dienone is 14. The van der Waals surface area contributed by atoms with Crippen LogP contribution >= 0.6 is 11.8 Å². The number of aliphatic imine (C=N–C) groups is 3. The molecule has 1 atom stereocenters. The summed E-state index contributed by atoms with van der Waals surface area (Å²) in [5, 5.41) is 2.12. The number of benzene rings is 1. The minimum Gasteiger partial charge on any atom is -0.288 e. The van der Waals surface area contributed by atoms with Crippen LogP contribution in [0.15, 0.2) is 154 Å². The number of hydrogen-bond acceptors (Lipinski definition) is 4. The van der Waals surface area contributed by atoms with Crippen molar-refractivity contribution in [3.63, 3.8) is 0 Å². The summed E-state index contributed by atoms with van der Waals surface area (Å²) in [4.78, 5) is 14.2. The second-order valence-corrected chi connectivity index (χ2v) is 11.9. The van der Waals surface area contributed by atoms with Crippen LogP contribution in [0.5, 0.6) is 0 Å². The quantitative estimate of drug-likeness (QED) is 0.254. The van der Waals surface area contributed by atoms with Gasteiger partial charge in [0.1, 0.15) is 12.7 Å². The topological polar surface area (TPSA) is 37.1 Å². The van der Waals surface area contributed by atoms with Gasteiger partial charge in [-0.1, -0.05) is 127 Å². The zero-order valence-corrected chi connectivity index (χ0v) is 27.5. The van der Waals surface area contributed by atoms with Gasteiger partial charge in [-0.25, -0.2) is 0 Å². The van der Waals surface area contributed by atoms with E-state index in [9.17, 15) is 0 Å². The molecule has 224 valence electrons. The number of aryl methyl sites for hydroxylation is 1. The van der Waals surface area contributed by atoms with Gasteiger partial charge in [-0.3, -0.25) is 15.0 Å². The zero-order chi connectivity index (χ0) is 31.8. The lowest BCUT2D eigenvalue weighted by molar-refractivity contribution is 0.676. The molecule has 3 rings (SSSR count). The van der Waals surface area contributed by atoms with Crippen LogP contribution in [-0.2, 0) is 4.87 Å². The minimum absolute atomic E-state index is 0.537. The number of hydrogen-bond donors (Lipinski definition) is 0. The van der Waals surface area contributed by atoms with Crippen LogP contribution in [-0.4, -0.2) is 39.1 Å². The third kappa shape index (κ3) is 9.92. The second kappa shape index (κ2) is 17.8. The molecule has 1 heterocycles. The largest absolute Gasteiger partial charge is 0.288 e. The Balaban J connectivity index is 2.07. The van der Waals surface area contributed by atoms with Gasteiger partial charge in [0.2, 0.25) is 0 Å². The first-order valence-electron chi connectivity index (χ1n) is 15.0. The van der Waals surface area contributed by atoms with Gasteiger partial charge in [0.05, 0.1) is 12.3 Å². The maximum atomic E-state index is 5.23. The molecule has 0 amide bonds. The summed E-state index contributed by atoms with van der Waals surface area (Å²) in [6.07, 6.45) is 33.8. The molecule has 0 radical (unpaired) electrons. The van der Waals surface area contributed by atoms with Crippen molar-refractivity contribution < 1.29 is 0 Å². The van der Waals surface area contributed by atoms with Crippen LogP contribution in [0.3, 0.4) is 0 Å². The fourth-order valence-electron chi connectivity index (χ4n) is 4.98. The monoisotopic (exact) mass is 597 g/mol. The predicted molar refractivity (Wildman–Crippen MR) is 203 cm³/mol. The van der Waals surface area contributed by atoms with Crippen LogP contribution < -0.4 is 5.46 Å². The summed E-state index contributed by atoms with van der Waals surface area (Å²) in [6, 6.07) is 4.49. The highest BCUT2D eigenvalue weighted by atomic mass is 32.2. The van der Waals surface area contributed by atoms with Gasteiger partial charge >= 0.3 is 0 Å². The Morgan fingerprint density at radius 2 is 1.75 bits per heavy atom. The Kier molecular flexibility index (Phi) is 13.9. The van der Waals surface area contributed by atoms with E-state index >= 15 is 0 Å². The number of rotatable bonds is 3. The average Bonchev–Trinajstić information content (AvgIpc) is 3.06. The molecule has 3 nitrogen and oxygen atoms in total. The molecule has 44 heavy (non-hydrogen) atoms. The van der Waals surface area contributed by atoms with Gasteiger partial charge in [0.15, 0.2) is 0 Å². The molecule has 0 N–H and O–H groups in total. The molecule has 0 bridgehead atoms. The Hall–Kier alpha value is -4.22. The summed E-state index contributed by atoms with van der Waals surface area (Å²) in [5.41, 5.74) is 9.86. The normalized spacial score (nSPS) is 29.1. The van der Waals surface area contributed by atoms with Gasteiger partial charge in [-0.05, 0) is 78.7 Å². The Bertz CT molecular complexity index is 1570. The van der Waals surface area contributed by atoms with E-state index in [0.717, 1.165) is 46.4 Å². The third-order valence-corrected chi connectivity index (χ3v) is 8.44. The van der Waals surface area contributed by atoms with Crippen molar-refractivity contribution in [1.82, 2.24) is 0 Å². The summed E-state index contributed by atoms with van der Waals surface area (Å²) in [5.74, 6) is 0. The van der Waals surface area contributed by atoms with Gasteiger partial charge in [-0.15, -0.1) is 0 Å². The van der Waals surface area contributed by atoms with Crippen molar-refractivity contribution in [3.05, 3.63) is 156 Å². The van der Waals surface area contributed by atoms with E-state index in [1.54, 1.807) is 11.8 Å². The Morgan fingerprint density at radius 1 is 0.977 bits per heavy atom. The standard InChI is InChI=1S/C39H44BN3S/c1-7-30(3)26-34-29-41-22-16-13-19-25-44-39(43-24-18-11-9-10-17-23-42-37(8-2)33(34)6)21-15-12-14-20-32(5)38-35(39)27-31(4)28-36(38)40/h7-16,18-20,22,24-28H,1-2,5,17,21,23,29,40H2,3-4,6H3/b10-9+,15-12-,16-13-,18-11-,20-14-,25-19+,30-26-,34-33-,41-22+,42-37-,43-24+. The Morgan fingerprint density at radius 3 is 2.55 bits per heavy atom. The van der Waals surface area contributed by atoms with Gasteiger partial charge in [0, 0.05) is 25.4 Å². The summed E-state index contributed by atoms with van der Waals surface area (Å²) < 4.78 is 0. The van der Waals surface area contributed by atoms with Crippen LogP contribution in [0, 0.1) is 6.92 Å². The number of fused-ring (bicyclic) bond motifs is 2. The summed E-state index contributed by atoms with van der Waals surface area (Å²) in [6.45, 7) is 19.8. The molecule has 1 aliphatic heterocycles. The van der Waals surface area contributed by atoms with Crippen LogP contribution in [0.25, 0.3) is 5.57 Å². The van der Waals surface area contributed by atoms with E-state index in [4.69, 9.17) is 9.98 Å². The minimum atomic E-state index is -0.564. The first-order chi connectivity index (χ1) is 21.3. The Labute approximate surface area is 270 Å². The molecule has 0 fully saturated rings. The lowest BCUT2D eigenvalue weighted by Gasteiger charge is -2.31.